The van der Waals surface area contributed by atoms with E-state index in [4.69, 9.17) is 33.0 Å². The Morgan fingerprint density at radius 2 is 1.65 bits per heavy atom. The Hall–Kier alpha value is -3.01. The quantitative estimate of drug-likeness (QED) is 0.321. The molecular weight excluding hydrogens is 427 g/mol. The molecule has 2 atom stereocenters. The van der Waals surface area contributed by atoms with Gasteiger partial charge in [0, 0.05) is 27.6 Å². The van der Waals surface area contributed by atoms with Crippen LogP contribution in [0.2, 0.25) is 10.0 Å². The first-order valence-corrected chi connectivity index (χ1v) is 11.0. The molecule has 0 fully saturated rings. The molecule has 0 amide bonds. The zero-order valence-electron chi connectivity index (χ0n) is 16.5. The highest BCUT2D eigenvalue weighted by molar-refractivity contribution is 6.31. The highest BCUT2D eigenvalue weighted by Gasteiger charge is 2.41. The Morgan fingerprint density at radius 1 is 0.806 bits per heavy atom. The first-order valence-electron chi connectivity index (χ1n) is 10.2. The first kappa shape index (κ1) is 18.7. The predicted molar refractivity (Wildman–Crippen MR) is 126 cm³/mol. The molecule has 5 heteroatoms. The van der Waals surface area contributed by atoms with E-state index < -0.39 is 0 Å². The number of hydrogen-bond donors (Lipinski definition) is 0. The molecule has 3 nitrogen and oxygen atoms in total. The second kappa shape index (κ2) is 7.30. The maximum Gasteiger partial charge on any atom is 0.213 e. The molecule has 4 aromatic carbocycles. The van der Waals surface area contributed by atoms with Crippen LogP contribution in [0.25, 0.3) is 10.8 Å². The van der Waals surface area contributed by atoms with Gasteiger partial charge in [-0.05, 0) is 52.7 Å². The Kier molecular flexibility index (Phi) is 4.41. The molecule has 0 aliphatic carbocycles. The Labute approximate surface area is 190 Å². The number of nitrogens with zero attached hydrogens (tertiary/aromatic N) is 2. The molecule has 0 aromatic heterocycles. The monoisotopic (exact) mass is 444 g/mol. The van der Waals surface area contributed by atoms with Gasteiger partial charge in [-0.15, -0.1) is 0 Å². The summed E-state index contributed by atoms with van der Waals surface area (Å²) in [6.07, 6.45) is 0.432. The largest absolute Gasteiger partial charge is 0.464 e. The molecule has 0 saturated carbocycles. The number of hydrazone groups is 1. The van der Waals surface area contributed by atoms with Crippen LogP contribution >= 0.6 is 23.2 Å². The molecule has 2 unspecified atom stereocenters. The van der Waals surface area contributed by atoms with Crippen molar-refractivity contribution in [2.45, 2.75) is 18.7 Å². The van der Waals surface area contributed by atoms with Crippen LogP contribution in [0.15, 0.2) is 90.0 Å². The van der Waals surface area contributed by atoms with Crippen molar-refractivity contribution in [3.8, 4) is 5.75 Å². The molecular formula is C26H18Cl2N2O. The fraction of sp³-hybridized carbons (Fsp3) is 0.115. The van der Waals surface area contributed by atoms with E-state index in [-0.39, 0.29) is 12.3 Å². The zero-order chi connectivity index (χ0) is 20.9. The minimum Gasteiger partial charge on any atom is -0.464 e. The Balaban J connectivity index is 1.46. The van der Waals surface area contributed by atoms with Gasteiger partial charge in [-0.2, -0.15) is 5.10 Å². The highest BCUT2D eigenvalue weighted by Crippen LogP contribution is 2.48. The number of halogens is 2. The summed E-state index contributed by atoms with van der Waals surface area (Å²) in [5.41, 5.74) is 4.20. The molecule has 0 bridgehead atoms. The Bertz CT molecular complexity index is 1350. The lowest BCUT2D eigenvalue weighted by Gasteiger charge is -2.38. The third-order valence-corrected chi connectivity index (χ3v) is 6.44. The van der Waals surface area contributed by atoms with Crippen molar-refractivity contribution in [3.63, 3.8) is 0 Å². The predicted octanol–water partition coefficient (Wildman–Crippen LogP) is 7.39. The van der Waals surface area contributed by atoms with Gasteiger partial charge in [-0.3, -0.25) is 0 Å². The topological polar surface area (TPSA) is 24.8 Å². The van der Waals surface area contributed by atoms with Crippen molar-refractivity contribution in [3.05, 3.63) is 112 Å². The van der Waals surface area contributed by atoms with Crippen LogP contribution in [0.3, 0.4) is 0 Å². The molecule has 2 aliphatic heterocycles. The molecule has 2 heterocycles. The van der Waals surface area contributed by atoms with E-state index in [0.29, 0.717) is 10.0 Å². The van der Waals surface area contributed by atoms with Crippen molar-refractivity contribution in [1.29, 1.82) is 0 Å². The van der Waals surface area contributed by atoms with Gasteiger partial charge in [0.25, 0.3) is 0 Å². The fourth-order valence-corrected chi connectivity index (χ4v) is 4.86. The minimum atomic E-state index is -0.352. The number of benzene rings is 4. The van der Waals surface area contributed by atoms with Crippen molar-refractivity contribution < 1.29 is 4.74 Å². The second-order valence-electron chi connectivity index (χ2n) is 7.92. The fourth-order valence-electron chi connectivity index (χ4n) is 4.48. The third-order valence-electron chi connectivity index (χ3n) is 5.97. The van der Waals surface area contributed by atoms with Crippen molar-refractivity contribution >= 4 is 39.7 Å². The summed E-state index contributed by atoms with van der Waals surface area (Å²) in [4.78, 5) is 0. The molecule has 0 radical (unpaired) electrons. The summed E-state index contributed by atoms with van der Waals surface area (Å²) in [6.45, 7) is 0. The van der Waals surface area contributed by atoms with E-state index >= 15 is 0 Å². The van der Waals surface area contributed by atoms with Crippen LogP contribution in [0.1, 0.15) is 35.4 Å². The van der Waals surface area contributed by atoms with Crippen molar-refractivity contribution in [2.75, 3.05) is 0 Å². The van der Waals surface area contributed by atoms with E-state index in [1.54, 1.807) is 0 Å². The van der Waals surface area contributed by atoms with Crippen LogP contribution in [-0.2, 0) is 0 Å². The van der Waals surface area contributed by atoms with Crippen LogP contribution in [-0.4, -0.2) is 10.7 Å². The van der Waals surface area contributed by atoms with E-state index in [1.807, 2.05) is 42.5 Å². The summed E-state index contributed by atoms with van der Waals surface area (Å²) in [5.74, 6) is 0.839. The molecule has 6 rings (SSSR count). The van der Waals surface area contributed by atoms with Crippen molar-refractivity contribution in [1.82, 2.24) is 5.01 Å². The summed E-state index contributed by atoms with van der Waals surface area (Å²) in [7, 11) is 0. The average Bonchev–Trinajstić information content (AvgIpc) is 3.24. The molecule has 31 heavy (non-hydrogen) atoms. The minimum absolute atomic E-state index is 0.0490. The van der Waals surface area contributed by atoms with Gasteiger partial charge < -0.3 is 4.74 Å². The van der Waals surface area contributed by atoms with Gasteiger partial charge in [0.05, 0.1) is 11.8 Å². The highest BCUT2D eigenvalue weighted by atomic mass is 35.5. The zero-order valence-corrected chi connectivity index (χ0v) is 18.0. The number of hydrogen-bond acceptors (Lipinski definition) is 3. The number of ether oxygens (including phenoxy) is 1. The number of rotatable bonds is 2. The van der Waals surface area contributed by atoms with Crippen LogP contribution in [0, 0.1) is 0 Å². The van der Waals surface area contributed by atoms with E-state index in [1.165, 1.54) is 10.8 Å². The molecule has 0 spiro atoms. The van der Waals surface area contributed by atoms with Gasteiger partial charge in [-0.25, -0.2) is 5.01 Å². The summed E-state index contributed by atoms with van der Waals surface area (Å²) in [6, 6.07) is 28.5. The van der Waals surface area contributed by atoms with Gasteiger partial charge in [0.1, 0.15) is 5.75 Å². The summed E-state index contributed by atoms with van der Waals surface area (Å²) < 4.78 is 6.40. The first-order chi connectivity index (χ1) is 15.2. The lowest BCUT2D eigenvalue weighted by molar-refractivity contribution is -0.0190. The molecule has 4 aromatic rings. The maximum absolute atomic E-state index is 6.40. The average molecular weight is 445 g/mol. The van der Waals surface area contributed by atoms with Crippen LogP contribution in [0.5, 0.6) is 5.75 Å². The van der Waals surface area contributed by atoms with Crippen LogP contribution in [0.4, 0.5) is 0 Å². The van der Waals surface area contributed by atoms with Gasteiger partial charge in [0.15, 0.2) is 0 Å². The maximum atomic E-state index is 6.40. The van der Waals surface area contributed by atoms with Gasteiger partial charge >= 0.3 is 0 Å². The summed E-state index contributed by atoms with van der Waals surface area (Å²) in [5, 5.41) is 10.9. The lowest BCUT2D eigenvalue weighted by Crippen LogP contribution is -2.33. The van der Waals surface area contributed by atoms with Gasteiger partial charge in [-0.1, -0.05) is 71.7 Å². The SMILES string of the molecule is Clc1cccc(C2Oc3ccc(Cl)cc3C3CC(c4ccc5ccccc5c4)=NN32)c1. The normalized spacial score (nSPS) is 19.5. The van der Waals surface area contributed by atoms with E-state index in [0.717, 1.165) is 34.6 Å². The molecule has 2 aliphatic rings. The summed E-state index contributed by atoms with van der Waals surface area (Å²) >= 11 is 12.6. The second-order valence-corrected chi connectivity index (χ2v) is 8.79. The number of fused-ring (bicyclic) bond motifs is 4. The Morgan fingerprint density at radius 3 is 2.52 bits per heavy atom. The van der Waals surface area contributed by atoms with Gasteiger partial charge in [0.2, 0.25) is 6.23 Å². The van der Waals surface area contributed by atoms with Crippen molar-refractivity contribution in [2.24, 2.45) is 5.10 Å². The van der Waals surface area contributed by atoms with Crippen LogP contribution < -0.4 is 4.74 Å². The third kappa shape index (κ3) is 3.25. The smallest absolute Gasteiger partial charge is 0.213 e. The lowest BCUT2D eigenvalue weighted by atomic mass is 9.95. The standard InChI is InChI=1S/C26H18Cl2N2O/c27-20-7-3-6-19(13-20)26-30-24(22-14-21(28)10-11-25(22)31-26)15-23(29-30)18-9-8-16-4-1-2-5-17(16)12-18/h1-14,24,26H,15H2. The van der Waals surface area contributed by atoms with E-state index in [2.05, 4.69) is 47.5 Å². The van der Waals surface area contributed by atoms with E-state index in [9.17, 15) is 0 Å². The molecule has 0 saturated heterocycles. The molecule has 152 valence electrons. The molecule has 0 N–H and O–H groups in total.